The van der Waals surface area contributed by atoms with E-state index in [-0.39, 0.29) is 17.9 Å². The second-order valence-corrected chi connectivity index (χ2v) is 5.91. The first kappa shape index (κ1) is 15.9. The fourth-order valence-corrected chi connectivity index (χ4v) is 2.53. The highest BCUT2D eigenvalue weighted by Gasteiger charge is 2.25. The molecule has 0 bridgehead atoms. The van der Waals surface area contributed by atoms with Crippen molar-refractivity contribution in [2.75, 3.05) is 19.6 Å². The monoisotopic (exact) mass is 296 g/mol. The Morgan fingerprint density at radius 1 is 1.48 bits per heavy atom. The predicted octanol–water partition coefficient (Wildman–Crippen LogP) is 0.648. The molecule has 118 valence electrons. The lowest BCUT2D eigenvalue weighted by atomic mass is 10.0. The van der Waals surface area contributed by atoms with Crippen LogP contribution >= 0.6 is 0 Å². The number of aliphatic hydroxyl groups excluding tert-OH is 1. The molecule has 2 heterocycles. The van der Waals surface area contributed by atoms with E-state index >= 15 is 0 Å². The molecule has 0 aliphatic carbocycles. The van der Waals surface area contributed by atoms with Gasteiger partial charge in [-0.25, -0.2) is 0 Å². The lowest BCUT2D eigenvalue weighted by Crippen LogP contribution is -2.40. The number of hydrogen-bond acceptors (Lipinski definition) is 6. The Labute approximate surface area is 124 Å². The summed E-state index contributed by atoms with van der Waals surface area (Å²) >= 11 is 0. The number of aryl methyl sites for hydroxylation is 1. The van der Waals surface area contributed by atoms with Crippen LogP contribution in [0.4, 0.5) is 0 Å². The van der Waals surface area contributed by atoms with Crippen molar-refractivity contribution in [3.8, 4) is 0 Å². The fourth-order valence-electron chi connectivity index (χ4n) is 2.53. The molecule has 0 saturated carbocycles. The van der Waals surface area contributed by atoms with E-state index in [1.54, 1.807) is 11.8 Å². The maximum absolute atomic E-state index is 11.5. The molecule has 0 aromatic carbocycles. The zero-order valence-corrected chi connectivity index (χ0v) is 12.9. The van der Waals surface area contributed by atoms with Gasteiger partial charge in [0.15, 0.2) is 5.82 Å². The molecule has 1 aromatic heterocycles. The SMILES string of the molecule is Cc1noc(C(NCC(O)CN2CCCC2=O)C(C)C)n1. The maximum Gasteiger partial charge on any atom is 0.244 e. The Hall–Kier alpha value is -1.47. The van der Waals surface area contributed by atoms with Gasteiger partial charge in [0.1, 0.15) is 0 Å². The largest absolute Gasteiger partial charge is 0.390 e. The molecule has 0 spiro atoms. The van der Waals surface area contributed by atoms with Crippen LogP contribution < -0.4 is 5.32 Å². The summed E-state index contributed by atoms with van der Waals surface area (Å²) in [5.41, 5.74) is 0. The van der Waals surface area contributed by atoms with E-state index in [0.29, 0.717) is 31.2 Å². The average Bonchev–Trinajstić information content (AvgIpc) is 2.99. The molecule has 1 aromatic rings. The quantitative estimate of drug-likeness (QED) is 0.767. The van der Waals surface area contributed by atoms with Crippen molar-refractivity contribution < 1.29 is 14.4 Å². The second kappa shape index (κ2) is 7.00. The number of carbonyl (C=O) groups excluding carboxylic acids is 1. The third-order valence-electron chi connectivity index (χ3n) is 3.65. The van der Waals surface area contributed by atoms with Gasteiger partial charge in [0, 0.05) is 26.1 Å². The first-order chi connectivity index (χ1) is 9.97. The molecule has 2 atom stereocenters. The minimum absolute atomic E-state index is 0.102. The van der Waals surface area contributed by atoms with Crippen LogP contribution in [0, 0.1) is 12.8 Å². The van der Waals surface area contributed by atoms with Gasteiger partial charge in [0.2, 0.25) is 11.8 Å². The van der Waals surface area contributed by atoms with Crippen LogP contribution in [0.5, 0.6) is 0 Å². The molecule has 1 aliphatic heterocycles. The van der Waals surface area contributed by atoms with Crippen molar-refractivity contribution >= 4 is 5.91 Å². The Kier molecular flexibility index (Phi) is 5.30. The molecule has 7 heteroatoms. The van der Waals surface area contributed by atoms with E-state index in [0.717, 1.165) is 13.0 Å². The van der Waals surface area contributed by atoms with Gasteiger partial charge in [0.25, 0.3) is 0 Å². The molecule has 1 aliphatic rings. The smallest absolute Gasteiger partial charge is 0.244 e. The first-order valence-corrected chi connectivity index (χ1v) is 7.46. The first-order valence-electron chi connectivity index (χ1n) is 7.46. The molecule has 1 fully saturated rings. The maximum atomic E-state index is 11.5. The molecule has 21 heavy (non-hydrogen) atoms. The highest BCUT2D eigenvalue weighted by Crippen LogP contribution is 2.20. The summed E-state index contributed by atoms with van der Waals surface area (Å²) in [6.45, 7) is 7.37. The number of β-amino-alcohol motifs (C(OH)–C–C–N with tert-alkyl or cyclic N) is 1. The van der Waals surface area contributed by atoms with Gasteiger partial charge in [-0.3, -0.25) is 4.79 Å². The van der Waals surface area contributed by atoms with Gasteiger partial charge in [-0.05, 0) is 19.3 Å². The van der Waals surface area contributed by atoms with E-state index in [2.05, 4.69) is 15.5 Å². The number of rotatable bonds is 7. The summed E-state index contributed by atoms with van der Waals surface area (Å²) in [7, 11) is 0. The van der Waals surface area contributed by atoms with Crippen molar-refractivity contribution in [2.24, 2.45) is 5.92 Å². The molecule has 1 amide bonds. The van der Waals surface area contributed by atoms with Gasteiger partial charge >= 0.3 is 0 Å². The zero-order valence-electron chi connectivity index (χ0n) is 12.9. The third-order valence-corrected chi connectivity index (χ3v) is 3.65. The average molecular weight is 296 g/mol. The Morgan fingerprint density at radius 3 is 2.76 bits per heavy atom. The minimum atomic E-state index is -0.600. The topological polar surface area (TPSA) is 91.5 Å². The van der Waals surface area contributed by atoms with Crippen LogP contribution in [0.25, 0.3) is 0 Å². The van der Waals surface area contributed by atoms with Gasteiger partial charge in [-0.15, -0.1) is 0 Å². The van der Waals surface area contributed by atoms with Gasteiger partial charge in [-0.2, -0.15) is 4.98 Å². The van der Waals surface area contributed by atoms with E-state index in [4.69, 9.17) is 4.52 Å². The molecule has 7 nitrogen and oxygen atoms in total. The molecular formula is C14H24N4O3. The van der Waals surface area contributed by atoms with Crippen LogP contribution in [-0.2, 0) is 4.79 Å². The van der Waals surface area contributed by atoms with Crippen LogP contribution in [0.15, 0.2) is 4.52 Å². The standard InChI is InChI=1S/C14H24N4O3/c1-9(2)13(14-16-10(3)17-21-14)15-7-11(19)8-18-6-4-5-12(18)20/h9,11,13,15,19H,4-8H2,1-3H3. The number of likely N-dealkylation sites (tertiary alicyclic amines) is 1. The van der Waals surface area contributed by atoms with Crippen molar-refractivity contribution in [1.82, 2.24) is 20.4 Å². The Balaban J connectivity index is 1.85. The van der Waals surface area contributed by atoms with Crippen LogP contribution in [0.1, 0.15) is 44.4 Å². The lowest BCUT2D eigenvalue weighted by molar-refractivity contribution is -0.128. The van der Waals surface area contributed by atoms with Crippen molar-refractivity contribution in [1.29, 1.82) is 0 Å². The predicted molar refractivity (Wildman–Crippen MR) is 76.4 cm³/mol. The molecule has 0 radical (unpaired) electrons. The highest BCUT2D eigenvalue weighted by atomic mass is 16.5. The molecular weight excluding hydrogens is 272 g/mol. The van der Waals surface area contributed by atoms with E-state index in [1.807, 2.05) is 13.8 Å². The number of hydrogen-bond donors (Lipinski definition) is 2. The summed E-state index contributed by atoms with van der Waals surface area (Å²) in [5.74, 6) is 1.51. The normalized spacial score (nSPS) is 18.5. The number of nitrogens with one attached hydrogen (secondary N) is 1. The van der Waals surface area contributed by atoms with E-state index < -0.39 is 6.10 Å². The minimum Gasteiger partial charge on any atom is -0.390 e. The number of amides is 1. The number of aromatic nitrogens is 2. The molecule has 2 rings (SSSR count). The molecule has 2 unspecified atom stereocenters. The Morgan fingerprint density at radius 2 is 2.24 bits per heavy atom. The van der Waals surface area contributed by atoms with E-state index in [9.17, 15) is 9.90 Å². The van der Waals surface area contributed by atoms with Crippen molar-refractivity contribution in [3.05, 3.63) is 11.7 Å². The Bertz CT molecular complexity index is 475. The van der Waals surface area contributed by atoms with Crippen LogP contribution in [0.3, 0.4) is 0 Å². The van der Waals surface area contributed by atoms with Gasteiger partial charge in [-0.1, -0.05) is 19.0 Å². The van der Waals surface area contributed by atoms with Crippen LogP contribution in [-0.4, -0.2) is 51.8 Å². The second-order valence-electron chi connectivity index (χ2n) is 5.91. The zero-order chi connectivity index (χ0) is 15.4. The van der Waals surface area contributed by atoms with Gasteiger partial charge < -0.3 is 19.8 Å². The summed E-state index contributed by atoms with van der Waals surface area (Å²) in [4.78, 5) is 17.5. The lowest BCUT2D eigenvalue weighted by Gasteiger charge is -2.23. The fraction of sp³-hybridized carbons (Fsp3) is 0.786. The van der Waals surface area contributed by atoms with Crippen molar-refractivity contribution in [2.45, 2.75) is 45.8 Å². The summed E-state index contributed by atoms with van der Waals surface area (Å²) < 4.78 is 5.20. The van der Waals surface area contributed by atoms with Crippen LogP contribution in [0.2, 0.25) is 0 Å². The van der Waals surface area contributed by atoms with E-state index in [1.165, 1.54) is 0 Å². The van der Waals surface area contributed by atoms with Crippen molar-refractivity contribution in [3.63, 3.8) is 0 Å². The highest BCUT2D eigenvalue weighted by molar-refractivity contribution is 5.78. The summed E-state index contributed by atoms with van der Waals surface area (Å²) in [5, 5.41) is 17.1. The number of nitrogens with zero attached hydrogens (tertiary/aromatic N) is 3. The molecule has 1 saturated heterocycles. The number of carbonyl (C=O) groups is 1. The number of aliphatic hydroxyl groups is 1. The summed E-state index contributed by atoms with van der Waals surface area (Å²) in [6, 6.07) is -0.102. The summed E-state index contributed by atoms with van der Waals surface area (Å²) in [6.07, 6.45) is 0.877. The molecule has 2 N–H and O–H groups in total. The third kappa shape index (κ3) is 4.25. The van der Waals surface area contributed by atoms with Gasteiger partial charge in [0.05, 0.1) is 12.1 Å².